The standard InChI is InChI=1S/C41H38F2N8O3/c1-23-29(7-5-9-31(23)40-48-34-16-25(15-28(18-44)36(34)54-40)20-51-14-11-27(22-51)41(52)53)30-8-6-10-32(24(30)2)46-38-35-33(47-39(49-38)37(42)43)17-26(19-45-35)21-50-12-3-4-13-50/h5-10,15-17,19,27,37H,3-4,11-14,20-22H2,1-2H3,(H,52,53)(H,46,47,49)/t27-/m0/s1. The van der Waals surface area contributed by atoms with Gasteiger partial charge < -0.3 is 14.8 Å². The van der Waals surface area contributed by atoms with Gasteiger partial charge in [-0.2, -0.15) is 5.26 Å². The van der Waals surface area contributed by atoms with Gasteiger partial charge in [0.15, 0.2) is 17.2 Å². The number of aliphatic carboxylic acids is 1. The van der Waals surface area contributed by atoms with Gasteiger partial charge in [-0.1, -0.05) is 24.3 Å². The topological polar surface area (TPSA) is 144 Å². The van der Waals surface area contributed by atoms with E-state index in [4.69, 9.17) is 9.40 Å². The van der Waals surface area contributed by atoms with Crippen LogP contribution in [-0.2, 0) is 17.9 Å². The van der Waals surface area contributed by atoms with Gasteiger partial charge >= 0.3 is 5.97 Å². The Morgan fingerprint density at radius 3 is 2.41 bits per heavy atom. The molecule has 0 amide bonds. The molecule has 8 rings (SSSR count). The molecule has 1 atom stereocenters. The minimum absolute atomic E-state index is 0.208. The lowest BCUT2D eigenvalue weighted by Gasteiger charge is -2.17. The Labute approximate surface area is 310 Å². The van der Waals surface area contributed by atoms with Crippen molar-refractivity contribution in [3.63, 3.8) is 0 Å². The van der Waals surface area contributed by atoms with Crippen LogP contribution in [0.4, 0.5) is 20.3 Å². The van der Waals surface area contributed by atoms with E-state index in [0.29, 0.717) is 71.9 Å². The molecule has 0 radical (unpaired) electrons. The van der Waals surface area contributed by atoms with Crippen molar-refractivity contribution in [2.75, 3.05) is 31.5 Å². The van der Waals surface area contributed by atoms with E-state index in [1.165, 1.54) is 0 Å². The Morgan fingerprint density at radius 2 is 1.67 bits per heavy atom. The maximum atomic E-state index is 14.0. The first-order valence-corrected chi connectivity index (χ1v) is 18.1. The van der Waals surface area contributed by atoms with Crippen LogP contribution in [0.3, 0.4) is 0 Å². The van der Waals surface area contributed by atoms with E-state index in [9.17, 15) is 23.9 Å². The number of rotatable bonds is 10. The highest BCUT2D eigenvalue weighted by Gasteiger charge is 2.28. The first-order chi connectivity index (χ1) is 26.1. The van der Waals surface area contributed by atoms with Gasteiger partial charge in [0.05, 0.1) is 17.0 Å². The fourth-order valence-corrected chi connectivity index (χ4v) is 7.71. The summed E-state index contributed by atoms with van der Waals surface area (Å²) >= 11 is 0. The monoisotopic (exact) mass is 728 g/mol. The van der Waals surface area contributed by atoms with Crippen LogP contribution in [0.5, 0.6) is 0 Å². The Hall–Kier alpha value is -5.84. The van der Waals surface area contributed by atoms with Crippen LogP contribution in [-0.4, -0.2) is 67.0 Å². The molecular formula is C41H38F2N8O3. The number of nitrogens with zero attached hydrogens (tertiary/aromatic N) is 7. The lowest BCUT2D eigenvalue weighted by Crippen LogP contribution is -2.22. The van der Waals surface area contributed by atoms with E-state index < -0.39 is 24.1 Å². The molecule has 2 fully saturated rings. The maximum Gasteiger partial charge on any atom is 0.307 e. The largest absolute Gasteiger partial charge is 0.481 e. The second kappa shape index (κ2) is 14.5. The second-order valence-electron chi connectivity index (χ2n) is 14.2. The summed E-state index contributed by atoms with van der Waals surface area (Å²) in [5, 5.41) is 22.7. The summed E-state index contributed by atoms with van der Waals surface area (Å²) in [5.41, 5.74) is 8.92. The highest BCUT2D eigenvalue weighted by Crippen LogP contribution is 2.38. The molecule has 0 bridgehead atoms. The average Bonchev–Trinajstić information content (AvgIpc) is 3.94. The Bertz CT molecular complexity index is 2450. The summed E-state index contributed by atoms with van der Waals surface area (Å²) in [6.07, 6.45) is 1.81. The number of benzene rings is 3. The molecule has 2 aliphatic rings. The van der Waals surface area contributed by atoms with Crippen molar-refractivity contribution in [1.82, 2.24) is 29.7 Å². The van der Waals surface area contributed by atoms with E-state index in [-0.39, 0.29) is 5.82 Å². The number of anilines is 2. The maximum absolute atomic E-state index is 14.0. The lowest BCUT2D eigenvalue weighted by atomic mass is 9.93. The summed E-state index contributed by atoms with van der Waals surface area (Å²) in [6.45, 7) is 8.30. The number of hydrogen-bond acceptors (Lipinski definition) is 10. The number of carboxylic acids is 1. The fourth-order valence-electron chi connectivity index (χ4n) is 7.71. The summed E-state index contributed by atoms with van der Waals surface area (Å²) in [7, 11) is 0. The van der Waals surface area contributed by atoms with Crippen molar-refractivity contribution < 1.29 is 23.1 Å². The predicted octanol–water partition coefficient (Wildman–Crippen LogP) is 8.17. The average molecular weight is 729 g/mol. The molecule has 0 aliphatic carbocycles. The Kier molecular flexibility index (Phi) is 9.47. The fraction of sp³-hybridized carbons (Fsp3) is 0.317. The van der Waals surface area contributed by atoms with Crippen LogP contribution in [0.15, 0.2) is 65.2 Å². The molecule has 0 unspecified atom stereocenters. The first kappa shape index (κ1) is 35.2. The molecule has 3 aromatic heterocycles. The predicted molar refractivity (Wildman–Crippen MR) is 200 cm³/mol. The molecule has 2 aliphatic heterocycles. The van der Waals surface area contributed by atoms with E-state index in [0.717, 1.165) is 64.9 Å². The van der Waals surface area contributed by atoms with Crippen molar-refractivity contribution in [2.45, 2.75) is 52.6 Å². The molecule has 6 aromatic rings. The molecule has 11 nitrogen and oxygen atoms in total. The number of oxazole rings is 1. The van der Waals surface area contributed by atoms with Gasteiger partial charge in [0.1, 0.15) is 17.1 Å². The second-order valence-corrected chi connectivity index (χ2v) is 14.2. The van der Waals surface area contributed by atoms with Crippen LogP contribution in [0.1, 0.15) is 59.3 Å². The minimum atomic E-state index is -2.85. The van der Waals surface area contributed by atoms with Gasteiger partial charge in [-0.05, 0) is 116 Å². The molecule has 274 valence electrons. The van der Waals surface area contributed by atoms with Crippen LogP contribution in [0, 0.1) is 31.1 Å². The molecule has 54 heavy (non-hydrogen) atoms. The van der Waals surface area contributed by atoms with Gasteiger partial charge in [0, 0.05) is 37.1 Å². The number of fused-ring (bicyclic) bond motifs is 2. The van der Waals surface area contributed by atoms with E-state index in [1.807, 2.05) is 62.4 Å². The summed E-state index contributed by atoms with van der Waals surface area (Å²) in [4.78, 5) is 33.7. The molecule has 2 saturated heterocycles. The highest BCUT2D eigenvalue weighted by molar-refractivity contribution is 5.90. The van der Waals surface area contributed by atoms with Crippen LogP contribution in [0.25, 0.3) is 44.7 Å². The van der Waals surface area contributed by atoms with Crippen molar-refractivity contribution in [3.8, 4) is 28.7 Å². The third kappa shape index (κ3) is 6.86. The molecular weight excluding hydrogens is 691 g/mol. The molecule has 0 spiro atoms. The molecule has 3 aromatic carbocycles. The number of hydrogen-bond donors (Lipinski definition) is 2. The van der Waals surface area contributed by atoms with Crippen molar-refractivity contribution in [3.05, 3.63) is 94.4 Å². The summed E-state index contributed by atoms with van der Waals surface area (Å²) < 4.78 is 34.3. The molecule has 5 heterocycles. The van der Waals surface area contributed by atoms with Crippen LogP contribution in [0.2, 0.25) is 0 Å². The number of carboxylic acid groups (broad SMARTS) is 1. The molecule has 13 heteroatoms. The SMILES string of the molecule is Cc1c(Nc2nc(C(F)F)nc3cc(CN4CCCC4)cnc23)cccc1-c1cccc(-c2nc3cc(CN4CC[C@H](C(=O)O)C4)cc(C#N)c3o2)c1C. The number of pyridine rings is 1. The molecule has 2 N–H and O–H groups in total. The van der Waals surface area contributed by atoms with Crippen molar-refractivity contribution in [1.29, 1.82) is 5.26 Å². The quantitative estimate of drug-likeness (QED) is 0.141. The summed E-state index contributed by atoms with van der Waals surface area (Å²) in [5.74, 6) is -1.16. The zero-order valence-corrected chi connectivity index (χ0v) is 29.9. The minimum Gasteiger partial charge on any atom is -0.481 e. The highest BCUT2D eigenvalue weighted by atomic mass is 19.3. The van der Waals surface area contributed by atoms with Crippen LogP contribution >= 0.6 is 0 Å². The number of carbonyl (C=O) groups is 1. The van der Waals surface area contributed by atoms with Crippen molar-refractivity contribution >= 4 is 39.6 Å². The normalized spacial score (nSPS) is 16.5. The van der Waals surface area contributed by atoms with Gasteiger partial charge in [0.25, 0.3) is 6.43 Å². The number of likely N-dealkylation sites (tertiary alicyclic amines) is 2. The van der Waals surface area contributed by atoms with Gasteiger partial charge in [0.2, 0.25) is 5.89 Å². The first-order valence-electron chi connectivity index (χ1n) is 18.1. The van der Waals surface area contributed by atoms with Gasteiger partial charge in [-0.25, -0.2) is 23.7 Å². The zero-order chi connectivity index (χ0) is 37.5. The van der Waals surface area contributed by atoms with E-state index >= 15 is 0 Å². The van der Waals surface area contributed by atoms with Crippen LogP contribution < -0.4 is 5.32 Å². The third-order valence-corrected chi connectivity index (χ3v) is 10.5. The van der Waals surface area contributed by atoms with Gasteiger partial charge in [-0.3, -0.25) is 19.6 Å². The lowest BCUT2D eigenvalue weighted by molar-refractivity contribution is -0.141. The number of aromatic nitrogens is 4. The van der Waals surface area contributed by atoms with E-state index in [1.54, 1.807) is 12.3 Å². The van der Waals surface area contributed by atoms with Gasteiger partial charge in [-0.15, -0.1) is 0 Å². The number of nitrogens with one attached hydrogen (secondary N) is 1. The zero-order valence-electron chi connectivity index (χ0n) is 29.9. The Balaban J connectivity index is 1.10. The number of alkyl halides is 2. The molecule has 0 saturated carbocycles. The number of halogens is 2. The van der Waals surface area contributed by atoms with Crippen molar-refractivity contribution in [2.24, 2.45) is 5.92 Å². The smallest absolute Gasteiger partial charge is 0.307 e. The summed E-state index contributed by atoms with van der Waals surface area (Å²) in [6, 6.07) is 19.4. The van der Waals surface area contributed by atoms with E-state index in [2.05, 4.69) is 36.1 Å². The Morgan fingerprint density at radius 1 is 0.944 bits per heavy atom. The number of nitriles is 1. The third-order valence-electron chi connectivity index (χ3n) is 10.5.